The molecule has 1 aliphatic heterocycles. The number of rotatable bonds is 4. The SMILES string of the molecule is CCOC(=O)c1n[nH]c(C(C)C2CNC2)n1. The van der Waals surface area contributed by atoms with Crippen LogP contribution < -0.4 is 5.32 Å². The Morgan fingerprint density at radius 3 is 2.94 bits per heavy atom. The summed E-state index contributed by atoms with van der Waals surface area (Å²) >= 11 is 0. The minimum Gasteiger partial charge on any atom is -0.460 e. The van der Waals surface area contributed by atoms with Crippen LogP contribution in [-0.2, 0) is 4.74 Å². The number of H-pyrrole nitrogens is 1. The molecule has 1 aromatic rings. The smallest absolute Gasteiger partial charge is 0.378 e. The lowest BCUT2D eigenvalue weighted by Crippen LogP contribution is -2.44. The number of aromatic nitrogens is 3. The molecule has 2 heterocycles. The van der Waals surface area contributed by atoms with Gasteiger partial charge in [-0.3, -0.25) is 5.10 Å². The fourth-order valence-corrected chi connectivity index (χ4v) is 1.65. The van der Waals surface area contributed by atoms with E-state index in [1.165, 1.54) is 0 Å². The van der Waals surface area contributed by atoms with Gasteiger partial charge in [-0.25, -0.2) is 9.78 Å². The van der Waals surface area contributed by atoms with Crippen LogP contribution in [0.2, 0.25) is 0 Å². The molecule has 0 radical (unpaired) electrons. The van der Waals surface area contributed by atoms with E-state index in [1.807, 2.05) is 0 Å². The lowest BCUT2D eigenvalue weighted by molar-refractivity contribution is 0.0512. The molecule has 1 saturated heterocycles. The molecule has 0 spiro atoms. The van der Waals surface area contributed by atoms with Gasteiger partial charge in [0.05, 0.1) is 6.61 Å². The molecule has 6 nitrogen and oxygen atoms in total. The van der Waals surface area contributed by atoms with Crippen LogP contribution in [0.1, 0.15) is 36.2 Å². The first-order valence-electron chi connectivity index (χ1n) is 5.52. The largest absolute Gasteiger partial charge is 0.460 e. The lowest BCUT2D eigenvalue weighted by atomic mass is 9.88. The van der Waals surface area contributed by atoms with Crippen molar-refractivity contribution >= 4 is 5.97 Å². The van der Waals surface area contributed by atoms with Crippen molar-refractivity contribution in [1.29, 1.82) is 0 Å². The summed E-state index contributed by atoms with van der Waals surface area (Å²) in [7, 11) is 0. The molecule has 0 bridgehead atoms. The van der Waals surface area contributed by atoms with Gasteiger partial charge in [0.2, 0.25) is 0 Å². The van der Waals surface area contributed by atoms with E-state index in [2.05, 4.69) is 27.4 Å². The highest BCUT2D eigenvalue weighted by Gasteiger charge is 2.27. The summed E-state index contributed by atoms with van der Waals surface area (Å²) in [6.45, 7) is 6.17. The van der Waals surface area contributed by atoms with Gasteiger partial charge in [0.1, 0.15) is 5.82 Å². The molecule has 1 fully saturated rings. The van der Waals surface area contributed by atoms with Crippen LogP contribution in [0.3, 0.4) is 0 Å². The summed E-state index contributed by atoms with van der Waals surface area (Å²) in [4.78, 5) is 15.5. The third-order valence-electron chi connectivity index (χ3n) is 2.91. The van der Waals surface area contributed by atoms with Gasteiger partial charge in [0, 0.05) is 5.92 Å². The average Bonchev–Trinajstić information content (AvgIpc) is 2.63. The predicted molar refractivity (Wildman–Crippen MR) is 57.1 cm³/mol. The van der Waals surface area contributed by atoms with Gasteiger partial charge >= 0.3 is 5.97 Å². The van der Waals surface area contributed by atoms with E-state index < -0.39 is 5.97 Å². The highest BCUT2D eigenvalue weighted by atomic mass is 16.5. The normalized spacial score (nSPS) is 17.9. The molecular formula is C10H16N4O2. The second-order valence-electron chi connectivity index (χ2n) is 3.97. The Hall–Kier alpha value is -1.43. The van der Waals surface area contributed by atoms with Gasteiger partial charge < -0.3 is 10.1 Å². The second-order valence-corrected chi connectivity index (χ2v) is 3.97. The van der Waals surface area contributed by atoms with Crippen LogP contribution in [0.15, 0.2) is 0 Å². The third kappa shape index (κ3) is 2.06. The van der Waals surface area contributed by atoms with Gasteiger partial charge in [-0.15, -0.1) is 5.10 Å². The quantitative estimate of drug-likeness (QED) is 0.719. The van der Waals surface area contributed by atoms with Crippen molar-refractivity contribution in [3.05, 3.63) is 11.6 Å². The van der Waals surface area contributed by atoms with E-state index in [-0.39, 0.29) is 11.7 Å². The van der Waals surface area contributed by atoms with Crippen molar-refractivity contribution in [2.45, 2.75) is 19.8 Å². The van der Waals surface area contributed by atoms with Gasteiger partial charge in [0.25, 0.3) is 5.82 Å². The van der Waals surface area contributed by atoms with E-state index >= 15 is 0 Å². The number of carbonyl (C=O) groups is 1. The van der Waals surface area contributed by atoms with E-state index in [1.54, 1.807) is 6.92 Å². The van der Waals surface area contributed by atoms with Crippen molar-refractivity contribution in [2.75, 3.05) is 19.7 Å². The topological polar surface area (TPSA) is 79.9 Å². The Kier molecular flexibility index (Phi) is 3.19. The maximum Gasteiger partial charge on any atom is 0.378 e. The molecule has 16 heavy (non-hydrogen) atoms. The van der Waals surface area contributed by atoms with E-state index in [0.717, 1.165) is 18.9 Å². The molecular weight excluding hydrogens is 208 g/mol. The number of ether oxygens (including phenoxy) is 1. The molecule has 2 N–H and O–H groups in total. The van der Waals surface area contributed by atoms with Crippen LogP contribution in [-0.4, -0.2) is 40.8 Å². The van der Waals surface area contributed by atoms with Crippen molar-refractivity contribution in [3.63, 3.8) is 0 Å². The first-order valence-corrected chi connectivity index (χ1v) is 5.52. The number of nitrogens with one attached hydrogen (secondary N) is 2. The molecule has 88 valence electrons. The minimum absolute atomic E-state index is 0.121. The average molecular weight is 224 g/mol. The predicted octanol–water partition coefficient (Wildman–Crippen LogP) is 0.304. The van der Waals surface area contributed by atoms with Crippen LogP contribution in [0.4, 0.5) is 0 Å². The molecule has 1 aliphatic rings. The van der Waals surface area contributed by atoms with E-state index in [4.69, 9.17) is 4.74 Å². The summed E-state index contributed by atoms with van der Waals surface area (Å²) in [5.74, 6) is 1.27. The fourth-order valence-electron chi connectivity index (χ4n) is 1.65. The van der Waals surface area contributed by atoms with Crippen LogP contribution >= 0.6 is 0 Å². The van der Waals surface area contributed by atoms with Crippen LogP contribution in [0.5, 0.6) is 0 Å². The summed E-state index contributed by atoms with van der Waals surface area (Å²) in [6, 6.07) is 0. The second kappa shape index (κ2) is 4.61. The molecule has 1 aromatic heterocycles. The molecule has 0 amide bonds. The highest BCUT2D eigenvalue weighted by molar-refractivity contribution is 5.84. The van der Waals surface area contributed by atoms with Crippen molar-refractivity contribution in [1.82, 2.24) is 20.5 Å². The summed E-state index contributed by atoms with van der Waals surface area (Å²) in [6.07, 6.45) is 0. The summed E-state index contributed by atoms with van der Waals surface area (Å²) in [5.41, 5.74) is 0. The Morgan fingerprint density at radius 1 is 1.62 bits per heavy atom. The Morgan fingerprint density at radius 2 is 2.38 bits per heavy atom. The molecule has 0 saturated carbocycles. The monoisotopic (exact) mass is 224 g/mol. The zero-order chi connectivity index (χ0) is 11.5. The molecule has 6 heteroatoms. The summed E-state index contributed by atoms with van der Waals surface area (Å²) < 4.78 is 4.83. The number of carbonyl (C=O) groups excluding carboxylic acids is 1. The number of esters is 1. The Balaban J connectivity index is 2.03. The maximum atomic E-state index is 11.4. The Bertz CT molecular complexity index is 373. The summed E-state index contributed by atoms with van der Waals surface area (Å²) in [5, 5.41) is 9.88. The van der Waals surface area contributed by atoms with Crippen molar-refractivity contribution < 1.29 is 9.53 Å². The highest BCUT2D eigenvalue weighted by Crippen LogP contribution is 2.24. The minimum atomic E-state index is -0.469. The van der Waals surface area contributed by atoms with Crippen LogP contribution in [0, 0.1) is 5.92 Å². The molecule has 0 aromatic carbocycles. The first kappa shape index (κ1) is 11.1. The number of nitrogens with zero attached hydrogens (tertiary/aromatic N) is 2. The first-order chi connectivity index (χ1) is 7.72. The third-order valence-corrected chi connectivity index (χ3v) is 2.91. The zero-order valence-corrected chi connectivity index (χ0v) is 9.49. The molecule has 1 unspecified atom stereocenters. The maximum absolute atomic E-state index is 11.4. The fraction of sp³-hybridized carbons (Fsp3) is 0.700. The lowest BCUT2D eigenvalue weighted by Gasteiger charge is -2.31. The molecule has 2 rings (SSSR count). The van der Waals surface area contributed by atoms with Gasteiger partial charge in [-0.2, -0.15) is 0 Å². The zero-order valence-electron chi connectivity index (χ0n) is 9.49. The van der Waals surface area contributed by atoms with E-state index in [9.17, 15) is 4.79 Å². The Labute approximate surface area is 93.8 Å². The van der Waals surface area contributed by atoms with E-state index in [0.29, 0.717) is 12.5 Å². The van der Waals surface area contributed by atoms with Crippen molar-refractivity contribution in [3.8, 4) is 0 Å². The van der Waals surface area contributed by atoms with Crippen LogP contribution in [0.25, 0.3) is 0 Å². The number of hydrogen-bond acceptors (Lipinski definition) is 5. The standard InChI is InChI=1S/C10H16N4O2/c1-3-16-10(15)9-12-8(13-14-9)6(2)7-4-11-5-7/h6-7,11H,3-5H2,1-2H3,(H,12,13,14). The number of aromatic amines is 1. The number of hydrogen-bond donors (Lipinski definition) is 2. The van der Waals surface area contributed by atoms with Gasteiger partial charge in [-0.1, -0.05) is 6.92 Å². The molecule has 1 atom stereocenters. The van der Waals surface area contributed by atoms with Gasteiger partial charge in [0.15, 0.2) is 0 Å². The van der Waals surface area contributed by atoms with Crippen molar-refractivity contribution in [2.24, 2.45) is 5.92 Å². The van der Waals surface area contributed by atoms with Gasteiger partial charge in [-0.05, 0) is 25.9 Å². The molecule has 0 aliphatic carbocycles.